The van der Waals surface area contributed by atoms with Gasteiger partial charge in [0, 0.05) is 25.2 Å². The lowest BCUT2D eigenvalue weighted by Crippen LogP contribution is -2.35. The lowest BCUT2D eigenvalue weighted by atomic mass is 10.0. The smallest absolute Gasteiger partial charge is 0.164 e. The van der Waals surface area contributed by atoms with Crippen molar-refractivity contribution in [3.63, 3.8) is 0 Å². The Balaban J connectivity index is 0.00000155. The first kappa shape index (κ1) is 23.9. The van der Waals surface area contributed by atoms with E-state index in [0.29, 0.717) is 22.7 Å². The second-order valence-corrected chi connectivity index (χ2v) is 7.43. The molecule has 0 saturated carbocycles. The molecule has 1 unspecified atom stereocenters. The molecule has 0 amide bonds. The van der Waals surface area contributed by atoms with Crippen molar-refractivity contribution in [1.82, 2.24) is 14.9 Å². The normalized spacial score (nSPS) is 19.3. The Bertz CT molecular complexity index is 877. The SMILES string of the molecule is C#C/C=C\C(=C(/C)OC)c1nc(Cl)c2c(n1)CN(CC1C=CC=CCC1)CC2.CC. The van der Waals surface area contributed by atoms with Gasteiger partial charge < -0.3 is 4.74 Å². The average Bonchev–Trinajstić information content (AvgIpc) is 3.03. The van der Waals surface area contributed by atoms with E-state index in [1.165, 1.54) is 6.42 Å². The number of fused-ring (bicyclic) bond motifs is 1. The van der Waals surface area contributed by atoms with Crippen LogP contribution in [-0.2, 0) is 17.7 Å². The number of hydrogen-bond donors (Lipinski definition) is 0. The van der Waals surface area contributed by atoms with Crippen LogP contribution in [0, 0.1) is 18.3 Å². The Morgan fingerprint density at radius 1 is 1.37 bits per heavy atom. The van der Waals surface area contributed by atoms with Crippen molar-refractivity contribution in [2.75, 3.05) is 20.2 Å². The lowest BCUT2D eigenvalue weighted by molar-refractivity contribution is 0.222. The third kappa shape index (κ3) is 6.32. The summed E-state index contributed by atoms with van der Waals surface area (Å²) in [5.41, 5.74) is 2.79. The van der Waals surface area contributed by atoms with Gasteiger partial charge in [0.2, 0.25) is 0 Å². The second-order valence-electron chi connectivity index (χ2n) is 7.07. The number of rotatable bonds is 5. The van der Waals surface area contributed by atoms with Crippen LogP contribution >= 0.6 is 11.6 Å². The molecule has 0 N–H and O–H groups in total. The molecule has 4 nitrogen and oxygen atoms in total. The van der Waals surface area contributed by atoms with Gasteiger partial charge in [0.25, 0.3) is 0 Å². The maximum absolute atomic E-state index is 6.52. The fourth-order valence-electron chi connectivity index (χ4n) is 3.59. The third-order valence-corrected chi connectivity index (χ3v) is 5.51. The fourth-order valence-corrected chi connectivity index (χ4v) is 3.88. The van der Waals surface area contributed by atoms with Crippen molar-refractivity contribution < 1.29 is 4.74 Å². The first-order valence-electron chi connectivity index (χ1n) is 10.6. The zero-order chi connectivity index (χ0) is 21.9. The Labute approximate surface area is 186 Å². The van der Waals surface area contributed by atoms with E-state index in [4.69, 9.17) is 27.7 Å². The van der Waals surface area contributed by atoms with Crippen LogP contribution in [0.1, 0.15) is 50.7 Å². The highest BCUT2D eigenvalue weighted by Crippen LogP contribution is 2.28. The highest BCUT2D eigenvalue weighted by Gasteiger charge is 2.24. The number of hydrogen-bond acceptors (Lipinski definition) is 4. The summed E-state index contributed by atoms with van der Waals surface area (Å²) < 4.78 is 5.39. The van der Waals surface area contributed by atoms with Crippen LogP contribution in [0.4, 0.5) is 0 Å². The number of terminal acetylenes is 1. The molecule has 2 heterocycles. The van der Waals surface area contributed by atoms with E-state index >= 15 is 0 Å². The standard InChI is InChI=1S/C23H26ClN3O.C2H6/c1-4-5-12-19(17(2)28-3)23-25-21-16-27(14-13-20(21)22(24)26-23)15-18-10-8-6-7-9-11-18;1-2/h1,5-8,10,12,18H,9,11,13-16H2,2-3H3;1-2H3/b12-5-,19-17-;. The minimum atomic E-state index is 0.522. The minimum Gasteiger partial charge on any atom is -0.501 e. The molecule has 0 bridgehead atoms. The molecule has 0 spiro atoms. The second kappa shape index (κ2) is 12.4. The molecule has 5 heteroatoms. The zero-order valence-corrected chi connectivity index (χ0v) is 19.2. The number of nitrogens with zero attached hydrogens (tertiary/aromatic N) is 3. The Kier molecular flexibility index (Phi) is 9.86. The molecule has 0 radical (unpaired) electrons. The van der Waals surface area contributed by atoms with Crippen molar-refractivity contribution in [3.8, 4) is 12.3 Å². The van der Waals surface area contributed by atoms with Crippen LogP contribution in [-0.4, -0.2) is 35.1 Å². The largest absolute Gasteiger partial charge is 0.501 e. The Morgan fingerprint density at radius 2 is 2.17 bits per heavy atom. The van der Waals surface area contributed by atoms with Gasteiger partial charge in [0.05, 0.1) is 18.4 Å². The molecule has 3 rings (SSSR count). The van der Waals surface area contributed by atoms with Gasteiger partial charge in [-0.25, -0.2) is 9.97 Å². The van der Waals surface area contributed by atoms with Gasteiger partial charge in [-0.3, -0.25) is 4.90 Å². The Hall–Kier alpha value is -2.35. The molecule has 1 aromatic heterocycles. The molecule has 30 heavy (non-hydrogen) atoms. The predicted octanol–water partition coefficient (Wildman–Crippen LogP) is 5.60. The summed E-state index contributed by atoms with van der Waals surface area (Å²) in [6, 6.07) is 0. The number of halogens is 1. The van der Waals surface area contributed by atoms with Crippen molar-refractivity contribution in [3.05, 3.63) is 64.5 Å². The summed E-state index contributed by atoms with van der Waals surface area (Å²) >= 11 is 6.52. The monoisotopic (exact) mass is 425 g/mol. The number of methoxy groups -OCH3 is 1. The van der Waals surface area contributed by atoms with Crippen molar-refractivity contribution in [2.24, 2.45) is 5.92 Å². The molecular formula is C25H32ClN3O. The van der Waals surface area contributed by atoms with Crippen molar-refractivity contribution in [1.29, 1.82) is 0 Å². The lowest BCUT2D eigenvalue weighted by Gasteiger charge is -2.30. The first-order valence-corrected chi connectivity index (χ1v) is 11.0. The van der Waals surface area contributed by atoms with E-state index in [1.807, 2.05) is 20.8 Å². The van der Waals surface area contributed by atoms with E-state index in [1.54, 1.807) is 19.3 Å². The van der Waals surface area contributed by atoms with E-state index in [-0.39, 0.29) is 0 Å². The van der Waals surface area contributed by atoms with Gasteiger partial charge in [0.1, 0.15) is 10.9 Å². The fraction of sp³-hybridized carbons (Fsp3) is 0.440. The van der Waals surface area contributed by atoms with Crippen molar-refractivity contribution in [2.45, 2.75) is 46.6 Å². The minimum absolute atomic E-state index is 0.522. The van der Waals surface area contributed by atoms with Gasteiger partial charge in [-0.1, -0.05) is 55.7 Å². The van der Waals surface area contributed by atoms with Gasteiger partial charge in [0.15, 0.2) is 5.82 Å². The molecule has 160 valence electrons. The molecule has 1 aromatic rings. The summed E-state index contributed by atoms with van der Waals surface area (Å²) in [7, 11) is 1.62. The topological polar surface area (TPSA) is 38.3 Å². The highest BCUT2D eigenvalue weighted by molar-refractivity contribution is 6.30. The molecule has 0 aromatic carbocycles. The quantitative estimate of drug-likeness (QED) is 0.266. The summed E-state index contributed by atoms with van der Waals surface area (Å²) in [6.45, 7) is 8.65. The molecule has 0 saturated heterocycles. The van der Waals surface area contributed by atoms with Crippen LogP contribution < -0.4 is 0 Å². The van der Waals surface area contributed by atoms with Gasteiger partial charge in [-0.15, -0.1) is 6.42 Å². The summed E-state index contributed by atoms with van der Waals surface area (Å²) in [5, 5.41) is 0.522. The maximum Gasteiger partial charge on any atom is 0.164 e. The van der Waals surface area contributed by atoms with Crippen molar-refractivity contribution >= 4 is 17.2 Å². The molecule has 1 atom stereocenters. The van der Waals surface area contributed by atoms with E-state index in [9.17, 15) is 0 Å². The molecule has 1 aliphatic carbocycles. The van der Waals surface area contributed by atoms with Crippen LogP contribution in [0.5, 0.6) is 0 Å². The van der Waals surface area contributed by atoms with Gasteiger partial charge >= 0.3 is 0 Å². The third-order valence-electron chi connectivity index (χ3n) is 5.19. The molecule has 1 aliphatic heterocycles. The predicted molar refractivity (Wildman–Crippen MR) is 126 cm³/mol. The average molecular weight is 426 g/mol. The summed E-state index contributed by atoms with van der Waals surface area (Å²) in [6.07, 6.45) is 20.8. The zero-order valence-electron chi connectivity index (χ0n) is 18.5. The number of aromatic nitrogens is 2. The van der Waals surface area contributed by atoms with Crippen LogP contribution in [0.25, 0.3) is 5.57 Å². The van der Waals surface area contributed by atoms with E-state index in [2.05, 4.69) is 40.1 Å². The van der Waals surface area contributed by atoms with Crippen LogP contribution in [0.3, 0.4) is 0 Å². The van der Waals surface area contributed by atoms with E-state index in [0.717, 1.165) is 49.3 Å². The Morgan fingerprint density at radius 3 is 2.90 bits per heavy atom. The van der Waals surface area contributed by atoms with E-state index < -0.39 is 0 Å². The highest BCUT2D eigenvalue weighted by atomic mass is 35.5. The molecular weight excluding hydrogens is 394 g/mol. The van der Waals surface area contributed by atoms with Gasteiger partial charge in [-0.05, 0) is 44.3 Å². The number of ether oxygens (including phenoxy) is 1. The number of allylic oxidation sites excluding steroid dienone is 7. The van der Waals surface area contributed by atoms with Gasteiger partial charge in [-0.2, -0.15) is 0 Å². The molecule has 0 fully saturated rings. The van der Waals surface area contributed by atoms with Crippen LogP contribution in [0.15, 0.2) is 42.2 Å². The molecule has 2 aliphatic rings. The summed E-state index contributed by atoms with van der Waals surface area (Å²) in [4.78, 5) is 11.8. The van der Waals surface area contributed by atoms with Crippen LogP contribution in [0.2, 0.25) is 5.15 Å². The summed E-state index contributed by atoms with van der Waals surface area (Å²) in [5.74, 6) is 4.32. The maximum atomic E-state index is 6.52. The first-order chi connectivity index (χ1) is 14.6.